The van der Waals surface area contributed by atoms with E-state index in [1.165, 1.54) is 32.1 Å². The van der Waals surface area contributed by atoms with Crippen LogP contribution in [-0.2, 0) is 4.79 Å². The maximum Gasteiger partial charge on any atom is 0.222 e. The van der Waals surface area contributed by atoms with E-state index < -0.39 is 0 Å². The maximum absolute atomic E-state index is 12.5. The molecule has 2 aliphatic heterocycles. The Morgan fingerprint density at radius 3 is 2.62 bits per heavy atom. The van der Waals surface area contributed by atoms with Gasteiger partial charge in [-0.25, -0.2) is 0 Å². The number of amides is 1. The fourth-order valence-corrected chi connectivity index (χ4v) is 3.91. The molecule has 3 nitrogen and oxygen atoms in total. The monoisotopic (exact) mass is 316 g/mol. The number of piperidine rings is 1. The molecule has 0 aromatic carbocycles. The Balaban J connectivity index is 0.00000220. The minimum atomic E-state index is 0. The van der Waals surface area contributed by atoms with E-state index in [0.29, 0.717) is 23.2 Å². The molecule has 0 radical (unpaired) electrons. The molecule has 2 rings (SSSR count). The first-order valence-electron chi connectivity index (χ1n) is 8.58. The van der Waals surface area contributed by atoms with Crippen LogP contribution in [0.25, 0.3) is 0 Å². The standard InChI is InChI=1S/C17H32N2O.ClH/c1-4-17(5-2)8-10-19(13-17)16(20)11-14(3)15-7-6-9-18-12-15;/h14-15,18H,4-13H2,1-3H3;1H. The molecule has 2 saturated heterocycles. The number of nitrogens with zero attached hydrogens (tertiary/aromatic N) is 1. The quantitative estimate of drug-likeness (QED) is 0.842. The molecule has 0 aromatic rings. The molecule has 21 heavy (non-hydrogen) atoms. The van der Waals surface area contributed by atoms with E-state index in [-0.39, 0.29) is 12.4 Å². The van der Waals surface area contributed by atoms with Gasteiger partial charge in [-0.15, -0.1) is 12.4 Å². The van der Waals surface area contributed by atoms with Crippen molar-refractivity contribution in [3.05, 3.63) is 0 Å². The van der Waals surface area contributed by atoms with E-state index in [0.717, 1.165) is 32.6 Å². The van der Waals surface area contributed by atoms with Gasteiger partial charge >= 0.3 is 0 Å². The minimum absolute atomic E-state index is 0. The average Bonchev–Trinajstić information content (AvgIpc) is 2.93. The smallest absolute Gasteiger partial charge is 0.222 e. The summed E-state index contributed by atoms with van der Waals surface area (Å²) in [7, 11) is 0. The molecular formula is C17H33ClN2O. The normalized spacial score (nSPS) is 26.2. The second-order valence-corrected chi connectivity index (χ2v) is 7.06. The number of carbonyl (C=O) groups excluding carboxylic acids is 1. The Labute approximate surface area is 136 Å². The lowest BCUT2D eigenvalue weighted by Crippen LogP contribution is -2.37. The van der Waals surface area contributed by atoms with Crippen molar-refractivity contribution in [1.82, 2.24) is 10.2 Å². The van der Waals surface area contributed by atoms with Gasteiger partial charge in [0.05, 0.1) is 0 Å². The summed E-state index contributed by atoms with van der Waals surface area (Å²) >= 11 is 0. The lowest BCUT2D eigenvalue weighted by atomic mass is 9.82. The molecule has 1 amide bonds. The van der Waals surface area contributed by atoms with Gasteiger partial charge in [-0.1, -0.05) is 20.8 Å². The number of rotatable bonds is 5. The lowest BCUT2D eigenvalue weighted by Gasteiger charge is -2.30. The van der Waals surface area contributed by atoms with Gasteiger partial charge in [-0.3, -0.25) is 4.79 Å². The highest BCUT2D eigenvalue weighted by molar-refractivity contribution is 5.85. The highest BCUT2D eigenvalue weighted by Gasteiger charge is 2.37. The molecule has 2 atom stereocenters. The SMILES string of the molecule is CCC1(CC)CCN(C(=O)CC(C)C2CCCNC2)C1.Cl. The lowest BCUT2D eigenvalue weighted by molar-refractivity contribution is -0.131. The summed E-state index contributed by atoms with van der Waals surface area (Å²) in [5.41, 5.74) is 0.408. The summed E-state index contributed by atoms with van der Waals surface area (Å²) < 4.78 is 0. The predicted octanol–water partition coefficient (Wildman–Crippen LogP) is 3.47. The molecule has 0 aliphatic carbocycles. The molecule has 1 N–H and O–H groups in total. The summed E-state index contributed by atoms with van der Waals surface area (Å²) in [6, 6.07) is 0. The summed E-state index contributed by atoms with van der Waals surface area (Å²) in [6.07, 6.45) is 6.91. The van der Waals surface area contributed by atoms with Crippen LogP contribution >= 0.6 is 12.4 Å². The Morgan fingerprint density at radius 1 is 1.38 bits per heavy atom. The maximum atomic E-state index is 12.5. The van der Waals surface area contributed by atoms with Crippen LogP contribution in [0, 0.1) is 17.3 Å². The van der Waals surface area contributed by atoms with Crippen LogP contribution in [0.4, 0.5) is 0 Å². The second kappa shape index (κ2) is 8.38. The zero-order valence-corrected chi connectivity index (χ0v) is 14.8. The third kappa shape index (κ3) is 4.59. The van der Waals surface area contributed by atoms with E-state index >= 15 is 0 Å². The highest BCUT2D eigenvalue weighted by atomic mass is 35.5. The third-order valence-corrected chi connectivity index (χ3v) is 5.93. The minimum Gasteiger partial charge on any atom is -0.342 e. The van der Waals surface area contributed by atoms with Crippen molar-refractivity contribution in [3.63, 3.8) is 0 Å². The van der Waals surface area contributed by atoms with Crippen molar-refractivity contribution in [1.29, 1.82) is 0 Å². The van der Waals surface area contributed by atoms with Gasteiger partial charge in [0.1, 0.15) is 0 Å². The van der Waals surface area contributed by atoms with E-state index in [4.69, 9.17) is 0 Å². The summed E-state index contributed by atoms with van der Waals surface area (Å²) in [5, 5.41) is 3.46. The van der Waals surface area contributed by atoms with Gasteiger partial charge in [0.2, 0.25) is 5.91 Å². The van der Waals surface area contributed by atoms with Crippen LogP contribution in [0.1, 0.15) is 59.3 Å². The van der Waals surface area contributed by atoms with Crippen LogP contribution in [0.2, 0.25) is 0 Å². The number of hydrogen-bond donors (Lipinski definition) is 1. The molecule has 0 aromatic heterocycles. The molecule has 2 heterocycles. The van der Waals surface area contributed by atoms with Crippen molar-refractivity contribution >= 4 is 18.3 Å². The van der Waals surface area contributed by atoms with Gasteiger partial charge in [0, 0.05) is 19.5 Å². The number of likely N-dealkylation sites (tertiary alicyclic amines) is 1. The molecule has 0 spiro atoms. The summed E-state index contributed by atoms with van der Waals surface area (Å²) in [6.45, 7) is 11.0. The number of carbonyl (C=O) groups is 1. The Kier molecular flexibility index (Phi) is 7.49. The molecule has 0 saturated carbocycles. The van der Waals surface area contributed by atoms with Crippen molar-refractivity contribution in [2.45, 2.75) is 59.3 Å². The molecule has 2 unspecified atom stereocenters. The number of nitrogens with one attached hydrogen (secondary N) is 1. The predicted molar refractivity (Wildman–Crippen MR) is 90.8 cm³/mol. The van der Waals surface area contributed by atoms with Crippen LogP contribution in [0.5, 0.6) is 0 Å². The van der Waals surface area contributed by atoms with Gasteiger partial charge in [-0.05, 0) is 62.4 Å². The van der Waals surface area contributed by atoms with E-state index in [9.17, 15) is 4.79 Å². The van der Waals surface area contributed by atoms with Gasteiger partial charge in [-0.2, -0.15) is 0 Å². The fourth-order valence-electron chi connectivity index (χ4n) is 3.91. The van der Waals surface area contributed by atoms with Crippen LogP contribution in [0.15, 0.2) is 0 Å². The average molecular weight is 317 g/mol. The second-order valence-electron chi connectivity index (χ2n) is 7.06. The Morgan fingerprint density at radius 2 is 2.10 bits per heavy atom. The zero-order chi connectivity index (χ0) is 14.6. The first-order valence-corrected chi connectivity index (χ1v) is 8.58. The zero-order valence-electron chi connectivity index (χ0n) is 14.0. The molecule has 2 aliphatic rings. The van der Waals surface area contributed by atoms with Crippen molar-refractivity contribution in [3.8, 4) is 0 Å². The summed E-state index contributed by atoms with van der Waals surface area (Å²) in [4.78, 5) is 14.7. The number of halogens is 1. The third-order valence-electron chi connectivity index (χ3n) is 5.93. The fraction of sp³-hybridized carbons (Fsp3) is 0.941. The molecule has 124 valence electrons. The first-order chi connectivity index (χ1) is 9.60. The van der Waals surface area contributed by atoms with Crippen LogP contribution in [-0.4, -0.2) is 37.0 Å². The van der Waals surface area contributed by atoms with Crippen molar-refractivity contribution in [2.24, 2.45) is 17.3 Å². The highest BCUT2D eigenvalue weighted by Crippen LogP contribution is 2.37. The van der Waals surface area contributed by atoms with E-state index in [1.807, 2.05) is 0 Å². The largest absolute Gasteiger partial charge is 0.342 e. The molecular weight excluding hydrogens is 284 g/mol. The van der Waals surface area contributed by atoms with Crippen molar-refractivity contribution in [2.75, 3.05) is 26.2 Å². The Hall–Kier alpha value is -0.280. The van der Waals surface area contributed by atoms with Gasteiger partial charge in [0.25, 0.3) is 0 Å². The van der Waals surface area contributed by atoms with E-state index in [1.54, 1.807) is 0 Å². The van der Waals surface area contributed by atoms with E-state index in [2.05, 4.69) is 31.0 Å². The Bertz CT molecular complexity index is 325. The van der Waals surface area contributed by atoms with Crippen molar-refractivity contribution < 1.29 is 4.79 Å². The van der Waals surface area contributed by atoms with Crippen LogP contribution < -0.4 is 5.32 Å². The number of hydrogen-bond acceptors (Lipinski definition) is 2. The molecule has 2 fully saturated rings. The van der Waals surface area contributed by atoms with Gasteiger partial charge < -0.3 is 10.2 Å². The molecule has 0 bridgehead atoms. The first kappa shape index (κ1) is 18.8. The summed E-state index contributed by atoms with van der Waals surface area (Å²) in [5.74, 6) is 1.61. The van der Waals surface area contributed by atoms with Gasteiger partial charge in [0.15, 0.2) is 0 Å². The topological polar surface area (TPSA) is 32.3 Å². The van der Waals surface area contributed by atoms with Crippen LogP contribution in [0.3, 0.4) is 0 Å². The molecule has 4 heteroatoms.